The molecule has 3 unspecified atom stereocenters. The largest absolute Gasteiger partial charge is 0.481 e. The van der Waals surface area contributed by atoms with Crippen molar-refractivity contribution in [2.24, 2.45) is 11.8 Å². The predicted octanol–water partition coefficient (Wildman–Crippen LogP) is -0.305. The lowest BCUT2D eigenvalue weighted by molar-refractivity contribution is -0.139. The van der Waals surface area contributed by atoms with Gasteiger partial charge < -0.3 is 10.4 Å². The molecule has 0 spiro atoms. The smallest absolute Gasteiger partial charge is 0.322 e. The Kier molecular flexibility index (Phi) is 1.95. The molecule has 0 radical (unpaired) electrons. The van der Waals surface area contributed by atoms with Crippen molar-refractivity contribution in [2.75, 3.05) is 0 Å². The number of hydrogen-bond acceptors (Lipinski definition) is 3. The number of imide groups is 1. The van der Waals surface area contributed by atoms with Gasteiger partial charge in [-0.1, -0.05) is 6.92 Å². The van der Waals surface area contributed by atoms with E-state index in [-0.39, 0.29) is 5.92 Å². The van der Waals surface area contributed by atoms with Crippen molar-refractivity contribution in [1.82, 2.24) is 10.6 Å². The summed E-state index contributed by atoms with van der Waals surface area (Å²) in [6.07, 6.45) is 0.871. The molecule has 1 saturated carbocycles. The van der Waals surface area contributed by atoms with Gasteiger partial charge in [-0.05, 0) is 12.8 Å². The molecule has 1 heterocycles. The van der Waals surface area contributed by atoms with E-state index in [1.807, 2.05) is 0 Å². The van der Waals surface area contributed by atoms with Crippen molar-refractivity contribution in [3.05, 3.63) is 0 Å². The second-order valence-electron chi connectivity index (χ2n) is 4.02. The highest BCUT2D eigenvalue weighted by atomic mass is 16.4. The molecule has 6 nitrogen and oxygen atoms in total. The zero-order valence-corrected chi connectivity index (χ0v) is 8.24. The fraction of sp³-hybridized carbons (Fsp3) is 0.667. The van der Waals surface area contributed by atoms with E-state index in [4.69, 9.17) is 5.11 Å². The van der Waals surface area contributed by atoms with Gasteiger partial charge in [-0.25, -0.2) is 4.79 Å². The van der Waals surface area contributed by atoms with Crippen LogP contribution in [0.15, 0.2) is 0 Å². The van der Waals surface area contributed by atoms with Crippen molar-refractivity contribution >= 4 is 17.9 Å². The number of hydrogen-bond donors (Lipinski definition) is 3. The van der Waals surface area contributed by atoms with Crippen LogP contribution in [-0.2, 0) is 9.59 Å². The lowest BCUT2D eigenvalue weighted by Gasteiger charge is -2.24. The van der Waals surface area contributed by atoms with E-state index in [1.54, 1.807) is 6.92 Å². The molecule has 0 bridgehead atoms. The second kappa shape index (κ2) is 2.95. The first kappa shape index (κ1) is 9.95. The van der Waals surface area contributed by atoms with Crippen LogP contribution >= 0.6 is 0 Å². The molecule has 6 heteroatoms. The Morgan fingerprint density at radius 1 is 1.60 bits per heavy atom. The van der Waals surface area contributed by atoms with Gasteiger partial charge in [0.15, 0.2) is 0 Å². The summed E-state index contributed by atoms with van der Waals surface area (Å²) < 4.78 is 0. The summed E-state index contributed by atoms with van der Waals surface area (Å²) in [4.78, 5) is 33.4. The van der Waals surface area contributed by atoms with Gasteiger partial charge in [-0.3, -0.25) is 14.9 Å². The maximum Gasteiger partial charge on any atom is 0.322 e. The Morgan fingerprint density at radius 2 is 2.27 bits per heavy atom. The van der Waals surface area contributed by atoms with E-state index < -0.39 is 29.4 Å². The molecule has 1 aliphatic heterocycles. The molecule has 2 rings (SSSR count). The highest BCUT2D eigenvalue weighted by molar-refractivity contribution is 6.07. The van der Waals surface area contributed by atoms with Crippen LogP contribution in [0.3, 0.4) is 0 Å². The molecule has 2 aliphatic rings. The van der Waals surface area contributed by atoms with Crippen LogP contribution in [0.5, 0.6) is 0 Å². The van der Waals surface area contributed by atoms with Gasteiger partial charge in [-0.15, -0.1) is 0 Å². The Morgan fingerprint density at radius 3 is 2.60 bits per heavy atom. The van der Waals surface area contributed by atoms with Crippen molar-refractivity contribution < 1.29 is 19.5 Å². The number of amides is 3. The van der Waals surface area contributed by atoms with Gasteiger partial charge in [0, 0.05) is 5.92 Å². The van der Waals surface area contributed by atoms with Crippen LogP contribution in [0, 0.1) is 11.8 Å². The van der Waals surface area contributed by atoms with Crippen LogP contribution in [0.1, 0.15) is 19.8 Å². The first-order valence-corrected chi connectivity index (χ1v) is 4.87. The minimum absolute atomic E-state index is 0.272. The summed E-state index contributed by atoms with van der Waals surface area (Å²) in [7, 11) is 0. The third-order valence-electron chi connectivity index (χ3n) is 3.27. The van der Waals surface area contributed by atoms with Crippen LogP contribution in [-0.4, -0.2) is 28.6 Å². The van der Waals surface area contributed by atoms with Crippen molar-refractivity contribution in [1.29, 1.82) is 0 Å². The zero-order valence-electron chi connectivity index (χ0n) is 8.24. The van der Waals surface area contributed by atoms with E-state index >= 15 is 0 Å². The molecule has 1 aliphatic carbocycles. The number of rotatable bonds is 3. The molecular weight excluding hydrogens is 200 g/mol. The number of urea groups is 1. The first-order valence-electron chi connectivity index (χ1n) is 4.87. The second-order valence-corrected chi connectivity index (χ2v) is 4.02. The van der Waals surface area contributed by atoms with Crippen molar-refractivity contribution in [3.63, 3.8) is 0 Å². The average Bonchev–Trinajstić information content (AvgIpc) is 2.89. The summed E-state index contributed by atoms with van der Waals surface area (Å²) in [5.41, 5.74) is -1.000. The molecule has 3 amide bonds. The fourth-order valence-electron chi connectivity index (χ4n) is 2.29. The quantitative estimate of drug-likeness (QED) is 0.559. The van der Waals surface area contributed by atoms with Crippen LogP contribution in [0.25, 0.3) is 0 Å². The lowest BCUT2D eigenvalue weighted by atomic mass is 9.89. The third kappa shape index (κ3) is 1.28. The highest BCUT2D eigenvalue weighted by Gasteiger charge is 2.62. The number of carboxylic acids is 1. The average molecular weight is 212 g/mol. The Balaban J connectivity index is 2.21. The number of carboxylic acid groups (broad SMARTS) is 1. The van der Waals surface area contributed by atoms with E-state index in [9.17, 15) is 14.4 Å². The molecule has 3 N–H and O–H groups in total. The minimum atomic E-state index is -1.000. The maximum atomic E-state index is 11.6. The molecule has 82 valence electrons. The Labute approximate surface area is 86.0 Å². The van der Waals surface area contributed by atoms with E-state index in [0.29, 0.717) is 12.8 Å². The van der Waals surface area contributed by atoms with Gasteiger partial charge in [-0.2, -0.15) is 0 Å². The Bertz CT molecular complexity index is 354. The van der Waals surface area contributed by atoms with Crippen LogP contribution in [0.2, 0.25) is 0 Å². The van der Waals surface area contributed by atoms with Gasteiger partial charge in [0.1, 0.15) is 5.54 Å². The summed E-state index contributed by atoms with van der Waals surface area (Å²) >= 11 is 0. The number of nitrogens with one attached hydrogen (secondary N) is 2. The lowest BCUT2D eigenvalue weighted by Crippen LogP contribution is -2.49. The van der Waals surface area contributed by atoms with Crippen LogP contribution < -0.4 is 10.6 Å². The number of aliphatic carboxylic acids is 1. The van der Waals surface area contributed by atoms with Gasteiger partial charge in [0.25, 0.3) is 5.91 Å². The summed E-state index contributed by atoms with van der Waals surface area (Å²) in [6, 6.07) is -0.530. The maximum absolute atomic E-state index is 11.6. The normalized spacial score (nSPS) is 38.5. The van der Waals surface area contributed by atoms with Gasteiger partial charge in [0.2, 0.25) is 0 Å². The summed E-state index contributed by atoms with van der Waals surface area (Å²) in [5.74, 6) is -2.08. The van der Waals surface area contributed by atoms with Crippen molar-refractivity contribution in [3.8, 4) is 0 Å². The molecule has 0 aromatic heterocycles. The number of carbonyl (C=O) groups excluding carboxylic acids is 2. The summed E-state index contributed by atoms with van der Waals surface area (Å²) in [6.45, 7) is 1.77. The fourth-order valence-corrected chi connectivity index (χ4v) is 2.29. The predicted molar refractivity (Wildman–Crippen MR) is 48.9 cm³/mol. The molecule has 1 saturated heterocycles. The first-order chi connectivity index (χ1) is 7.01. The topological polar surface area (TPSA) is 95.5 Å². The standard InChI is InChI=1S/C9H12N2O4/c1-2-9(5-3-4(5)6(12)13)7(14)10-8(15)11-9/h4-5H,2-3H2,1H3,(H,12,13)(H2,10,11,14,15). The third-order valence-corrected chi connectivity index (χ3v) is 3.27. The summed E-state index contributed by atoms with van der Waals surface area (Å²) in [5, 5.41) is 13.5. The van der Waals surface area contributed by atoms with Crippen LogP contribution in [0.4, 0.5) is 4.79 Å². The monoisotopic (exact) mass is 212 g/mol. The molecule has 3 atom stereocenters. The highest BCUT2D eigenvalue weighted by Crippen LogP contribution is 2.49. The number of carbonyl (C=O) groups is 3. The minimum Gasteiger partial charge on any atom is -0.481 e. The van der Waals surface area contributed by atoms with Crippen molar-refractivity contribution in [2.45, 2.75) is 25.3 Å². The van der Waals surface area contributed by atoms with Gasteiger partial charge >= 0.3 is 12.0 Å². The molecular formula is C9H12N2O4. The molecule has 15 heavy (non-hydrogen) atoms. The zero-order chi connectivity index (χ0) is 11.2. The molecule has 2 fully saturated rings. The molecule has 0 aromatic carbocycles. The SMILES string of the molecule is CCC1(C2CC2C(=O)O)NC(=O)NC1=O. The van der Waals surface area contributed by atoms with E-state index in [1.165, 1.54) is 0 Å². The van der Waals surface area contributed by atoms with E-state index in [2.05, 4.69) is 10.6 Å². The Hall–Kier alpha value is -1.59. The van der Waals surface area contributed by atoms with Gasteiger partial charge in [0.05, 0.1) is 5.92 Å². The molecule has 0 aromatic rings. The van der Waals surface area contributed by atoms with E-state index in [0.717, 1.165) is 0 Å².